The lowest BCUT2D eigenvalue weighted by Crippen LogP contribution is -2.53. The van der Waals surface area contributed by atoms with Crippen LogP contribution in [0, 0.1) is 0 Å². The van der Waals surface area contributed by atoms with Crippen LogP contribution >= 0.6 is 0 Å². The standard InChI is InChI=1S/C18H28N4O/c1-20-11-13-21(14-12-20)16-7-9-22(10-8-16)18(23)17(19)15-5-3-2-4-6-15/h2-6,16-17H,7-14,19H2,1H3/t17-/m1/s1. The number of piperidine rings is 1. The second-order valence-electron chi connectivity index (χ2n) is 6.78. The highest BCUT2D eigenvalue weighted by Crippen LogP contribution is 2.21. The van der Waals surface area contributed by atoms with Gasteiger partial charge in [0, 0.05) is 45.3 Å². The molecule has 3 rings (SSSR count). The lowest BCUT2D eigenvalue weighted by molar-refractivity contribution is -0.134. The van der Waals surface area contributed by atoms with E-state index in [1.54, 1.807) is 0 Å². The van der Waals surface area contributed by atoms with Gasteiger partial charge in [-0.2, -0.15) is 0 Å². The zero-order chi connectivity index (χ0) is 16.2. The van der Waals surface area contributed by atoms with Crippen molar-refractivity contribution in [1.82, 2.24) is 14.7 Å². The monoisotopic (exact) mass is 316 g/mol. The molecule has 2 aliphatic heterocycles. The molecule has 1 atom stereocenters. The number of rotatable bonds is 3. The van der Waals surface area contributed by atoms with E-state index in [9.17, 15) is 4.79 Å². The number of benzene rings is 1. The molecule has 2 heterocycles. The molecule has 2 saturated heterocycles. The number of carbonyl (C=O) groups is 1. The van der Waals surface area contributed by atoms with Gasteiger partial charge in [0.2, 0.25) is 5.91 Å². The van der Waals surface area contributed by atoms with Crippen molar-refractivity contribution in [3.8, 4) is 0 Å². The van der Waals surface area contributed by atoms with Gasteiger partial charge >= 0.3 is 0 Å². The van der Waals surface area contributed by atoms with Crippen LogP contribution < -0.4 is 5.73 Å². The molecule has 126 valence electrons. The van der Waals surface area contributed by atoms with Gasteiger partial charge in [-0.1, -0.05) is 30.3 Å². The van der Waals surface area contributed by atoms with Crippen LogP contribution in [-0.2, 0) is 4.79 Å². The Bertz CT molecular complexity index is 505. The fraction of sp³-hybridized carbons (Fsp3) is 0.611. The molecular formula is C18H28N4O. The Morgan fingerprint density at radius 1 is 1.04 bits per heavy atom. The molecular weight excluding hydrogens is 288 g/mol. The number of amides is 1. The van der Waals surface area contributed by atoms with Crippen molar-refractivity contribution >= 4 is 5.91 Å². The van der Waals surface area contributed by atoms with Gasteiger partial charge in [-0.15, -0.1) is 0 Å². The minimum atomic E-state index is -0.531. The minimum Gasteiger partial charge on any atom is -0.341 e. The largest absolute Gasteiger partial charge is 0.341 e. The second kappa shape index (κ2) is 7.43. The van der Waals surface area contributed by atoms with E-state index >= 15 is 0 Å². The Balaban J connectivity index is 1.51. The molecule has 5 nitrogen and oxygen atoms in total. The van der Waals surface area contributed by atoms with E-state index in [1.165, 1.54) is 0 Å². The van der Waals surface area contributed by atoms with Gasteiger partial charge in [-0.05, 0) is 25.5 Å². The predicted octanol–water partition coefficient (Wildman–Crippen LogP) is 0.925. The van der Waals surface area contributed by atoms with E-state index in [-0.39, 0.29) is 5.91 Å². The first kappa shape index (κ1) is 16.4. The number of carbonyl (C=O) groups excluding carboxylic acids is 1. The summed E-state index contributed by atoms with van der Waals surface area (Å²) in [6.45, 7) is 6.26. The van der Waals surface area contributed by atoms with E-state index in [1.807, 2.05) is 35.2 Å². The van der Waals surface area contributed by atoms with Gasteiger partial charge in [0.15, 0.2) is 0 Å². The molecule has 1 aromatic carbocycles. The molecule has 2 aliphatic rings. The van der Waals surface area contributed by atoms with Crippen LogP contribution in [0.5, 0.6) is 0 Å². The summed E-state index contributed by atoms with van der Waals surface area (Å²) < 4.78 is 0. The summed E-state index contributed by atoms with van der Waals surface area (Å²) in [5.74, 6) is 0.0630. The number of likely N-dealkylation sites (tertiary alicyclic amines) is 1. The highest BCUT2D eigenvalue weighted by atomic mass is 16.2. The molecule has 23 heavy (non-hydrogen) atoms. The van der Waals surface area contributed by atoms with E-state index in [4.69, 9.17) is 5.73 Å². The first-order valence-corrected chi connectivity index (χ1v) is 8.67. The Kier molecular flexibility index (Phi) is 5.30. The van der Waals surface area contributed by atoms with Crippen LogP contribution in [0.25, 0.3) is 0 Å². The molecule has 2 N–H and O–H groups in total. The van der Waals surface area contributed by atoms with Gasteiger partial charge in [0.25, 0.3) is 0 Å². The zero-order valence-corrected chi connectivity index (χ0v) is 14.0. The third kappa shape index (κ3) is 3.91. The number of nitrogens with zero attached hydrogens (tertiary/aromatic N) is 3. The van der Waals surface area contributed by atoms with E-state index in [0.29, 0.717) is 6.04 Å². The average molecular weight is 316 g/mol. The fourth-order valence-corrected chi connectivity index (χ4v) is 3.64. The van der Waals surface area contributed by atoms with Crippen LogP contribution in [0.1, 0.15) is 24.4 Å². The molecule has 0 radical (unpaired) electrons. The van der Waals surface area contributed by atoms with E-state index < -0.39 is 6.04 Å². The maximum absolute atomic E-state index is 12.6. The first-order chi connectivity index (χ1) is 11.1. The van der Waals surface area contributed by atoms with Crippen molar-refractivity contribution in [2.24, 2.45) is 5.73 Å². The molecule has 5 heteroatoms. The summed E-state index contributed by atoms with van der Waals surface area (Å²) in [7, 11) is 2.18. The Morgan fingerprint density at radius 3 is 2.26 bits per heavy atom. The topological polar surface area (TPSA) is 52.8 Å². The van der Waals surface area contributed by atoms with Crippen molar-refractivity contribution in [2.75, 3.05) is 46.3 Å². The molecule has 1 amide bonds. The number of nitrogens with two attached hydrogens (primary N) is 1. The molecule has 0 aromatic heterocycles. The van der Waals surface area contributed by atoms with Crippen molar-refractivity contribution < 1.29 is 4.79 Å². The Labute approximate surface area is 139 Å². The number of piperazine rings is 1. The fourth-order valence-electron chi connectivity index (χ4n) is 3.64. The van der Waals surface area contributed by atoms with Crippen LogP contribution in [0.2, 0.25) is 0 Å². The van der Waals surface area contributed by atoms with Gasteiger partial charge in [-0.3, -0.25) is 9.69 Å². The normalized spacial score (nSPS) is 23.0. The van der Waals surface area contributed by atoms with Crippen LogP contribution in [0.15, 0.2) is 30.3 Å². The third-order valence-electron chi connectivity index (χ3n) is 5.26. The summed E-state index contributed by atoms with van der Waals surface area (Å²) >= 11 is 0. The van der Waals surface area contributed by atoms with Crippen LogP contribution in [0.3, 0.4) is 0 Å². The van der Waals surface area contributed by atoms with Crippen molar-refractivity contribution in [3.05, 3.63) is 35.9 Å². The highest BCUT2D eigenvalue weighted by molar-refractivity contribution is 5.83. The van der Waals surface area contributed by atoms with Crippen molar-refractivity contribution in [1.29, 1.82) is 0 Å². The average Bonchev–Trinajstić information content (AvgIpc) is 2.62. The smallest absolute Gasteiger partial charge is 0.244 e. The lowest BCUT2D eigenvalue weighted by atomic mass is 10.00. The molecule has 0 aliphatic carbocycles. The Morgan fingerprint density at radius 2 is 1.65 bits per heavy atom. The molecule has 1 aromatic rings. The Hall–Kier alpha value is -1.43. The molecule has 0 spiro atoms. The van der Waals surface area contributed by atoms with Gasteiger partial charge in [-0.25, -0.2) is 0 Å². The third-order valence-corrected chi connectivity index (χ3v) is 5.26. The quantitative estimate of drug-likeness (QED) is 0.901. The summed E-state index contributed by atoms with van der Waals surface area (Å²) in [6, 6.07) is 9.77. The van der Waals surface area contributed by atoms with Gasteiger partial charge in [0.1, 0.15) is 6.04 Å². The van der Waals surface area contributed by atoms with Crippen molar-refractivity contribution in [3.63, 3.8) is 0 Å². The number of hydrogen-bond acceptors (Lipinski definition) is 4. The summed E-state index contributed by atoms with van der Waals surface area (Å²) in [4.78, 5) is 19.5. The van der Waals surface area contributed by atoms with Gasteiger partial charge < -0.3 is 15.5 Å². The van der Waals surface area contributed by atoms with Crippen LogP contribution in [-0.4, -0.2) is 73.0 Å². The molecule has 0 unspecified atom stereocenters. The minimum absolute atomic E-state index is 0.0630. The van der Waals surface area contributed by atoms with Gasteiger partial charge in [0.05, 0.1) is 0 Å². The summed E-state index contributed by atoms with van der Waals surface area (Å²) in [5.41, 5.74) is 7.06. The lowest BCUT2D eigenvalue weighted by Gasteiger charge is -2.42. The summed E-state index contributed by atoms with van der Waals surface area (Å²) in [5, 5.41) is 0. The van der Waals surface area contributed by atoms with Crippen LogP contribution in [0.4, 0.5) is 0 Å². The predicted molar refractivity (Wildman–Crippen MR) is 92.0 cm³/mol. The SMILES string of the molecule is CN1CCN(C2CCN(C(=O)[C@H](N)c3ccccc3)CC2)CC1. The number of likely N-dealkylation sites (N-methyl/N-ethyl adjacent to an activating group) is 1. The van der Waals surface area contributed by atoms with E-state index in [2.05, 4.69) is 16.8 Å². The zero-order valence-electron chi connectivity index (χ0n) is 14.0. The second-order valence-corrected chi connectivity index (χ2v) is 6.78. The molecule has 0 saturated carbocycles. The maximum Gasteiger partial charge on any atom is 0.244 e. The maximum atomic E-state index is 12.6. The molecule has 2 fully saturated rings. The highest BCUT2D eigenvalue weighted by Gasteiger charge is 2.30. The first-order valence-electron chi connectivity index (χ1n) is 8.67. The van der Waals surface area contributed by atoms with Crippen molar-refractivity contribution in [2.45, 2.75) is 24.9 Å². The number of hydrogen-bond donors (Lipinski definition) is 1. The van der Waals surface area contributed by atoms with E-state index in [0.717, 1.165) is 57.7 Å². The molecule has 0 bridgehead atoms. The summed E-state index contributed by atoms with van der Waals surface area (Å²) in [6.07, 6.45) is 2.13.